The fourth-order valence-corrected chi connectivity index (χ4v) is 6.09. The molecule has 10 heteroatoms. The molecule has 2 amide bonds. The average molecular weight is 579 g/mol. The van der Waals surface area contributed by atoms with E-state index in [2.05, 4.69) is 70.1 Å². The van der Waals surface area contributed by atoms with E-state index in [0.717, 1.165) is 91.6 Å². The second-order valence-electron chi connectivity index (χ2n) is 12.4. The number of carboxylic acids is 1. The molecule has 2 aromatic carbocycles. The van der Waals surface area contributed by atoms with Crippen molar-refractivity contribution in [2.75, 3.05) is 66.5 Å². The van der Waals surface area contributed by atoms with E-state index in [4.69, 9.17) is 10.2 Å². The third-order valence-corrected chi connectivity index (χ3v) is 8.89. The smallest absolute Gasteiger partial charge is 0.332 e. The molecule has 0 aromatic heterocycles. The Morgan fingerprint density at radius 3 is 1.38 bits per heavy atom. The van der Waals surface area contributed by atoms with E-state index < -0.39 is 12.1 Å². The van der Waals surface area contributed by atoms with E-state index in [1.807, 2.05) is 9.80 Å². The molecule has 4 heterocycles. The number of nitrogens with zero attached hydrogens (tertiary/aromatic N) is 6. The minimum absolute atomic E-state index is 0.170. The number of carboxylic acid groups (broad SMARTS) is 1. The highest BCUT2D eigenvalue weighted by molar-refractivity contribution is 5.76. The van der Waals surface area contributed by atoms with Crippen molar-refractivity contribution in [3.05, 3.63) is 69.8 Å². The van der Waals surface area contributed by atoms with Crippen LogP contribution in [0.3, 0.4) is 0 Å². The molecule has 2 saturated heterocycles. The zero-order chi connectivity index (χ0) is 29.8. The van der Waals surface area contributed by atoms with Crippen LogP contribution in [0, 0.1) is 0 Å². The maximum absolute atomic E-state index is 13.5. The number of hydrogen-bond donors (Lipinski definition) is 2. The van der Waals surface area contributed by atoms with Crippen LogP contribution in [0.4, 0.5) is 4.79 Å². The molecule has 4 aliphatic rings. The number of likely N-dealkylation sites (N-methyl/N-ethyl adjacent to an activating group) is 2. The summed E-state index contributed by atoms with van der Waals surface area (Å²) in [5, 5.41) is 15.8. The maximum Gasteiger partial charge on any atom is 0.332 e. The zero-order valence-corrected chi connectivity index (χ0v) is 25.3. The molecule has 228 valence electrons. The first-order chi connectivity index (χ1) is 20.1. The van der Waals surface area contributed by atoms with Crippen LogP contribution in [-0.2, 0) is 44.1 Å². The van der Waals surface area contributed by atoms with E-state index in [1.165, 1.54) is 40.3 Å². The molecule has 6 rings (SSSR count). The number of carbonyl (C=O) groups is 2. The Hall–Kier alpha value is -3.02. The molecule has 2 N–H and O–H groups in total. The van der Waals surface area contributed by atoms with Crippen LogP contribution in [0.25, 0.3) is 0 Å². The number of amides is 2. The monoisotopic (exact) mass is 578 g/mol. The summed E-state index contributed by atoms with van der Waals surface area (Å²) in [5.74, 6) is -1.19. The van der Waals surface area contributed by atoms with Crippen LogP contribution < -0.4 is 0 Å². The lowest BCUT2D eigenvalue weighted by molar-refractivity contribution is -0.145. The number of aliphatic hydroxyl groups excluding tert-OH is 1. The van der Waals surface area contributed by atoms with Crippen molar-refractivity contribution >= 4 is 12.0 Å². The van der Waals surface area contributed by atoms with E-state index in [9.17, 15) is 9.59 Å². The number of benzene rings is 2. The first-order valence-electron chi connectivity index (χ1n) is 15.1. The second-order valence-corrected chi connectivity index (χ2v) is 12.4. The molecule has 10 nitrogen and oxygen atoms in total. The summed E-state index contributed by atoms with van der Waals surface area (Å²) in [6.45, 7) is 15.2. The van der Waals surface area contributed by atoms with Crippen molar-refractivity contribution in [2.24, 2.45) is 0 Å². The Morgan fingerprint density at radius 2 is 1.02 bits per heavy atom. The van der Waals surface area contributed by atoms with Gasteiger partial charge in [0.1, 0.15) is 6.10 Å². The minimum atomic E-state index is -1.23. The number of hydrogen-bond acceptors (Lipinski definition) is 7. The maximum atomic E-state index is 13.5. The fourth-order valence-electron chi connectivity index (χ4n) is 6.09. The van der Waals surface area contributed by atoms with Gasteiger partial charge in [-0.2, -0.15) is 0 Å². The predicted octanol–water partition coefficient (Wildman–Crippen LogP) is 2.08. The summed E-state index contributed by atoms with van der Waals surface area (Å²) in [6.07, 6.45) is -1.23. The molecule has 0 bridgehead atoms. The molecular weight excluding hydrogens is 532 g/mol. The third-order valence-electron chi connectivity index (χ3n) is 8.89. The summed E-state index contributed by atoms with van der Waals surface area (Å²) in [7, 11) is 4.40. The molecule has 1 atom stereocenters. The molecule has 0 unspecified atom stereocenters. The van der Waals surface area contributed by atoms with Crippen molar-refractivity contribution < 1.29 is 19.8 Å². The quantitative estimate of drug-likeness (QED) is 0.557. The molecule has 0 saturated carbocycles. The number of carbonyl (C=O) groups excluding carboxylic acids is 1. The summed E-state index contributed by atoms with van der Waals surface area (Å²) in [4.78, 5) is 36.9. The van der Waals surface area contributed by atoms with Crippen molar-refractivity contribution in [3.8, 4) is 0 Å². The van der Waals surface area contributed by atoms with Gasteiger partial charge < -0.3 is 29.8 Å². The highest BCUT2D eigenvalue weighted by Gasteiger charge is 2.31. The third kappa shape index (κ3) is 7.67. The zero-order valence-electron chi connectivity index (χ0n) is 25.3. The second kappa shape index (κ2) is 13.5. The van der Waals surface area contributed by atoms with Crippen molar-refractivity contribution in [1.82, 2.24) is 29.4 Å². The lowest BCUT2D eigenvalue weighted by Crippen LogP contribution is -2.43. The van der Waals surface area contributed by atoms with Gasteiger partial charge in [0, 0.05) is 91.6 Å². The molecule has 0 aliphatic carbocycles. The van der Waals surface area contributed by atoms with Gasteiger partial charge in [-0.1, -0.05) is 36.4 Å². The summed E-state index contributed by atoms with van der Waals surface area (Å²) in [6, 6.07) is 13.9. The van der Waals surface area contributed by atoms with Gasteiger partial charge in [-0.15, -0.1) is 0 Å². The number of aliphatic carboxylic acids is 1. The number of rotatable bonds is 5. The van der Waals surface area contributed by atoms with Crippen LogP contribution in [0.5, 0.6) is 0 Å². The van der Waals surface area contributed by atoms with Gasteiger partial charge in [0.2, 0.25) is 0 Å². The van der Waals surface area contributed by atoms with Crippen molar-refractivity contribution in [3.63, 3.8) is 0 Å². The van der Waals surface area contributed by atoms with Crippen LogP contribution in [-0.4, -0.2) is 124 Å². The highest BCUT2D eigenvalue weighted by Crippen LogP contribution is 2.30. The number of fused-ring (bicyclic) bond motifs is 2. The Labute approximate surface area is 249 Å². The molecule has 0 radical (unpaired) electrons. The Balaban J connectivity index is 0.000000535. The van der Waals surface area contributed by atoms with Crippen LogP contribution in [0.2, 0.25) is 0 Å². The van der Waals surface area contributed by atoms with Crippen LogP contribution >= 0.6 is 0 Å². The molecule has 0 spiro atoms. The summed E-state index contributed by atoms with van der Waals surface area (Å²) in [5.41, 5.74) is 7.98. The summed E-state index contributed by atoms with van der Waals surface area (Å²) >= 11 is 0. The standard InChI is InChI=1S/C29H40N6O.C3H6O3/c1-30-7-11-32(12-8-30)17-23-3-5-25-19-34(21-27(25)15-23)29(36)35-20-26-6-4-24(16-28(26)22-35)18-33-13-9-31(2)10-14-33;1-2(4)3(5)6/h3-6,15-16H,7-14,17-22H2,1-2H3;2,4H,1H3,(H,5,6)/t;2-/m.0/s1. The summed E-state index contributed by atoms with van der Waals surface area (Å²) < 4.78 is 0. The number of aliphatic hydroxyl groups is 1. The van der Waals surface area contributed by atoms with Gasteiger partial charge in [0.05, 0.1) is 0 Å². The van der Waals surface area contributed by atoms with E-state index in [-0.39, 0.29) is 6.03 Å². The topological polar surface area (TPSA) is 94.0 Å². The van der Waals surface area contributed by atoms with Gasteiger partial charge in [0.15, 0.2) is 0 Å². The number of piperazine rings is 2. The normalized spacial score (nSPS) is 20.6. The van der Waals surface area contributed by atoms with Crippen molar-refractivity contribution in [2.45, 2.75) is 52.3 Å². The van der Waals surface area contributed by atoms with Crippen LogP contribution in [0.15, 0.2) is 36.4 Å². The van der Waals surface area contributed by atoms with Gasteiger partial charge in [0.25, 0.3) is 0 Å². The van der Waals surface area contributed by atoms with E-state index in [0.29, 0.717) is 0 Å². The predicted molar refractivity (Wildman–Crippen MR) is 162 cm³/mol. The van der Waals surface area contributed by atoms with E-state index >= 15 is 0 Å². The highest BCUT2D eigenvalue weighted by atomic mass is 16.4. The van der Waals surface area contributed by atoms with Gasteiger partial charge in [-0.3, -0.25) is 9.80 Å². The first kappa shape index (κ1) is 30.4. The lowest BCUT2D eigenvalue weighted by atomic mass is 10.1. The molecule has 42 heavy (non-hydrogen) atoms. The largest absolute Gasteiger partial charge is 0.479 e. The van der Waals surface area contributed by atoms with Gasteiger partial charge in [-0.05, 0) is 54.4 Å². The Morgan fingerprint density at radius 1 is 0.667 bits per heavy atom. The minimum Gasteiger partial charge on any atom is -0.479 e. The lowest BCUT2D eigenvalue weighted by Gasteiger charge is -2.32. The molecule has 2 fully saturated rings. The SMILES string of the molecule is CN1CCN(Cc2ccc3c(c2)CN(C(=O)N2Cc4ccc(CN5CCN(C)CC5)cc4C2)C3)CC1.C[C@H](O)C(=O)O. The molecular formula is C32H46N6O4. The van der Waals surface area contributed by atoms with Crippen LogP contribution in [0.1, 0.15) is 40.3 Å². The fraction of sp³-hybridized carbons (Fsp3) is 0.562. The number of urea groups is 1. The van der Waals surface area contributed by atoms with Crippen molar-refractivity contribution in [1.29, 1.82) is 0 Å². The van der Waals surface area contributed by atoms with Gasteiger partial charge in [-0.25, -0.2) is 9.59 Å². The molecule has 2 aromatic rings. The molecule has 4 aliphatic heterocycles. The van der Waals surface area contributed by atoms with E-state index in [1.54, 1.807) is 0 Å². The Kier molecular flexibility index (Phi) is 9.80. The van der Waals surface area contributed by atoms with Gasteiger partial charge >= 0.3 is 12.0 Å². The first-order valence-corrected chi connectivity index (χ1v) is 15.1. The Bertz CT molecular complexity index is 1170. The average Bonchev–Trinajstić information content (AvgIpc) is 3.59.